The lowest BCUT2D eigenvalue weighted by molar-refractivity contribution is -0.00496. The highest BCUT2D eigenvalue weighted by Crippen LogP contribution is 2.30. The summed E-state index contributed by atoms with van der Waals surface area (Å²) in [5, 5.41) is 9.81. The highest BCUT2D eigenvalue weighted by molar-refractivity contribution is 4.92. The topological polar surface area (TPSA) is 32.7 Å². The van der Waals surface area contributed by atoms with Gasteiger partial charge in [-0.2, -0.15) is 0 Å². The standard InChI is InChI=1S/C11H23NO2/c1-10(2)7-12(6-9(10)13)8-11(3,4)14-5/h9,13H,6-8H2,1-5H3. The Hall–Kier alpha value is -0.120. The summed E-state index contributed by atoms with van der Waals surface area (Å²) < 4.78 is 5.38. The Kier molecular flexibility index (Phi) is 3.24. The maximum atomic E-state index is 9.81. The molecular weight excluding hydrogens is 178 g/mol. The van der Waals surface area contributed by atoms with Gasteiger partial charge < -0.3 is 9.84 Å². The minimum atomic E-state index is -0.213. The number of rotatable bonds is 3. The Morgan fingerprint density at radius 1 is 1.50 bits per heavy atom. The van der Waals surface area contributed by atoms with Crippen molar-refractivity contribution in [2.75, 3.05) is 26.7 Å². The molecule has 0 amide bonds. The van der Waals surface area contributed by atoms with Crippen molar-refractivity contribution in [2.45, 2.75) is 39.4 Å². The lowest BCUT2D eigenvalue weighted by Crippen LogP contribution is -2.39. The molecule has 1 saturated heterocycles. The summed E-state index contributed by atoms with van der Waals surface area (Å²) in [6.07, 6.45) is -0.213. The minimum absolute atomic E-state index is 0.0177. The Balaban J connectivity index is 2.51. The maximum Gasteiger partial charge on any atom is 0.0749 e. The second-order valence-electron chi connectivity index (χ2n) is 5.64. The van der Waals surface area contributed by atoms with E-state index in [-0.39, 0.29) is 17.1 Å². The zero-order valence-corrected chi connectivity index (χ0v) is 10.0. The minimum Gasteiger partial charge on any atom is -0.391 e. The van der Waals surface area contributed by atoms with Crippen LogP contribution in [0.4, 0.5) is 0 Å². The van der Waals surface area contributed by atoms with Crippen LogP contribution in [-0.4, -0.2) is 48.5 Å². The van der Waals surface area contributed by atoms with Gasteiger partial charge in [0.05, 0.1) is 11.7 Å². The number of hydrogen-bond acceptors (Lipinski definition) is 3. The van der Waals surface area contributed by atoms with E-state index in [2.05, 4.69) is 32.6 Å². The van der Waals surface area contributed by atoms with Crippen molar-refractivity contribution in [3.05, 3.63) is 0 Å². The van der Waals surface area contributed by atoms with Crippen molar-refractivity contribution in [2.24, 2.45) is 5.41 Å². The number of likely N-dealkylation sites (tertiary alicyclic amines) is 1. The number of ether oxygens (including phenoxy) is 1. The van der Waals surface area contributed by atoms with Gasteiger partial charge in [0.2, 0.25) is 0 Å². The summed E-state index contributed by atoms with van der Waals surface area (Å²) in [4.78, 5) is 2.27. The number of aliphatic hydroxyl groups is 1. The molecule has 1 N–H and O–H groups in total. The summed E-state index contributed by atoms with van der Waals surface area (Å²) in [6, 6.07) is 0. The molecule has 1 aliphatic heterocycles. The predicted octanol–water partition coefficient (Wildman–Crippen LogP) is 1.11. The van der Waals surface area contributed by atoms with E-state index in [0.29, 0.717) is 0 Å². The molecule has 1 aliphatic rings. The Morgan fingerprint density at radius 3 is 2.43 bits per heavy atom. The average Bonchev–Trinajstić information content (AvgIpc) is 2.24. The highest BCUT2D eigenvalue weighted by atomic mass is 16.5. The Bertz CT molecular complexity index is 201. The van der Waals surface area contributed by atoms with Gasteiger partial charge in [0.1, 0.15) is 0 Å². The normalized spacial score (nSPS) is 28.3. The molecule has 1 heterocycles. The van der Waals surface area contributed by atoms with Crippen LogP contribution >= 0.6 is 0 Å². The number of β-amino-alcohol motifs (C(OH)–C–C–N with tert-alkyl or cyclic N) is 1. The predicted molar refractivity (Wildman–Crippen MR) is 57.3 cm³/mol. The smallest absolute Gasteiger partial charge is 0.0749 e. The van der Waals surface area contributed by atoms with Crippen LogP contribution in [0.5, 0.6) is 0 Å². The quantitative estimate of drug-likeness (QED) is 0.742. The summed E-state index contributed by atoms with van der Waals surface area (Å²) in [6.45, 7) is 11.0. The van der Waals surface area contributed by atoms with Crippen LogP contribution in [0.1, 0.15) is 27.7 Å². The van der Waals surface area contributed by atoms with E-state index in [1.807, 2.05) is 0 Å². The van der Waals surface area contributed by atoms with Crippen LogP contribution in [0.25, 0.3) is 0 Å². The van der Waals surface area contributed by atoms with Gasteiger partial charge in [-0.25, -0.2) is 0 Å². The van der Waals surface area contributed by atoms with Crippen molar-refractivity contribution in [1.29, 1.82) is 0 Å². The first kappa shape index (κ1) is 12.0. The van der Waals surface area contributed by atoms with Crippen LogP contribution in [-0.2, 0) is 4.74 Å². The summed E-state index contributed by atoms with van der Waals surface area (Å²) in [5.74, 6) is 0. The summed E-state index contributed by atoms with van der Waals surface area (Å²) in [7, 11) is 1.73. The molecule has 1 atom stereocenters. The number of hydrogen-bond donors (Lipinski definition) is 1. The van der Waals surface area contributed by atoms with Crippen molar-refractivity contribution < 1.29 is 9.84 Å². The summed E-state index contributed by atoms with van der Waals surface area (Å²) >= 11 is 0. The maximum absolute atomic E-state index is 9.81. The van der Waals surface area contributed by atoms with Gasteiger partial charge in [0.25, 0.3) is 0 Å². The van der Waals surface area contributed by atoms with Gasteiger partial charge in [-0.3, -0.25) is 4.90 Å². The van der Waals surface area contributed by atoms with E-state index in [9.17, 15) is 5.11 Å². The molecule has 84 valence electrons. The van der Waals surface area contributed by atoms with Crippen LogP contribution in [0.2, 0.25) is 0 Å². The molecular formula is C11H23NO2. The van der Waals surface area contributed by atoms with Gasteiger partial charge >= 0.3 is 0 Å². The van der Waals surface area contributed by atoms with Crippen LogP contribution in [0.15, 0.2) is 0 Å². The molecule has 1 unspecified atom stereocenters. The second-order valence-corrected chi connectivity index (χ2v) is 5.64. The van der Waals surface area contributed by atoms with Crippen molar-refractivity contribution in [3.63, 3.8) is 0 Å². The van der Waals surface area contributed by atoms with Gasteiger partial charge in [-0.1, -0.05) is 13.8 Å². The highest BCUT2D eigenvalue weighted by Gasteiger charge is 2.39. The molecule has 1 rings (SSSR count). The molecule has 3 heteroatoms. The number of nitrogens with zero attached hydrogens (tertiary/aromatic N) is 1. The Morgan fingerprint density at radius 2 is 2.07 bits per heavy atom. The molecule has 0 bridgehead atoms. The van der Waals surface area contributed by atoms with E-state index < -0.39 is 0 Å². The van der Waals surface area contributed by atoms with Gasteiger partial charge in [0, 0.05) is 32.2 Å². The monoisotopic (exact) mass is 201 g/mol. The van der Waals surface area contributed by atoms with E-state index in [4.69, 9.17) is 4.74 Å². The zero-order chi connectivity index (χ0) is 11.0. The Labute approximate surface area is 87.1 Å². The number of aliphatic hydroxyl groups excluding tert-OH is 1. The van der Waals surface area contributed by atoms with Crippen LogP contribution < -0.4 is 0 Å². The zero-order valence-electron chi connectivity index (χ0n) is 10.0. The fourth-order valence-corrected chi connectivity index (χ4v) is 1.96. The van der Waals surface area contributed by atoms with Crippen molar-refractivity contribution in [1.82, 2.24) is 4.90 Å². The first-order chi connectivity index (χ1) is 6.27. The van der Waals surface area contributed by atoms with E-state index in [0.717, 1.165) is 19.6 Å². The average molecular weight is 201 g/mol. The SMILES string of the molecule is COC(C)(C)CN1CC(O)C(C)(C)C1. The molecule has 0 radical (unpaired) electrons. The molecule has 0 aromatic rings. The van der Waals surface area contributed by atoms with Crippen LogP contribution in [0, 0.1) is 5.41 Å². The van der Waals surface area contributed by atoms with Crippen molar-refractivity contribution in [3.8, 4) is 0 Å². The lowest BCUT2D eigenvalue weighted by atomic mass is 9.90. The molecule has 3 nitrogen and oxygen atoms in total. The fourth-order valence-electron chi connectivity index (χ4n) is 1.96. The molecule has 0 aromatic carbocycles. The third-order valence-electron chi connectivity index (χ3n) is 3.12. The van der Waals surface area contributed by atoms with Crippen molar-refractivity contribution >= 4 is 0 Å². The van der Waals surface area contributed by atoms with E-state index in [1.54, 1.807) is 7.11 Å². The van der Waals surface area contributed by atoms with Gasteiger partial charge in [-0.05, 0) is 13.8 Å². The first-order valence-electron chi connectivity index (χ1n) is 5.22. The summed E-state index contributed by atoms with van der Waals surface area (Å²) in [5.41, 5.74) is -0.107. The third-order valence-corrected chi connectivity index (χ3v) is 3.12. The largest absolute Gasteiger partial charge is 0.391 e. The molecule has 0 aliphatic carbocycles. The molecule has 14 heavy (non-hydrogen) atoms. The van der Waals surface area contributed by atoms with Gasteiger partial charge in [-0.15, -0.1) is 0 Å². The molecule has 0 spiro atoms. The molecule has 0 aromatic heterocycles. The molecule has 1 fully saturated rings. The van der Waals surface area contributed by atoms with Gasteiger partial charge in [0.15, 0.2) is 0 Å². The van der Waals surface area contributed by atoms with Crippen LogP contribution in [0.3, 0.4) is 0 Å². The third kappa shape index (κ3) is 2.69. The lowest BCUT2D eigenvalue weighted by Gasteiger charge is -2.29. The van der Waals surface area contributed by atoms with E-state index in [1.165, 1.54) is 0 Å². The fraction of sp³-hybridized carbons (Fsp3) is 1.00. The van der Waals surface area contributed by atoms with E-state index >= 15 is 0 Å². The second kappa shape index (κ2) is 3.80. The molecule has 0 saturated carbocycles. The first-order valence-corrected chi connectivity index (χ1v) is 5.22. The number of methoxy groups -OCH3 is 1.